The van der Waals surface area contributed by atoms with Crippen molar-refractivity contribution in [2.45, 2.75) is 32.2 Å². The van der Waals surface area contributed by atoms with Crippen LogP contribution in [0, 0.1) is 40.7 Å². The van der Waals surface area contributed by atoms with Crippen LogP contribution in [-0.4, -0.2) is 6.36 Å². The lowest BCUT2D eigenvalue weighted by Gasteiger charge is -2.21. The van der Waals surface area contributed by atoms with Gasteiger partial charge in [-0.15, -0.1) is 13.2 Å². The number of halogens is 13. The van der Waals surface area contributed by atoms with Crippen LogP contribution >= 0.6 is 11.6 Å². The molecule has 2 nitrogen and oxygen atoms in total. The highest BCUT2D eigenvalue weighted by Crippen LogP contribution is 2.42. The number of hydrogen-bond acceptors (Lipinski definition) is 2. The highest BCUT2D eigenvalue weighted by atomic mass is 35.5. The summed E-state index contributed by atoms with van der Waals surface area (Å²) in [7, 11) is 0. The number of rotatable bonds is 10. The van der Waals surface area contributed by atoms with Crippen molar-refractivity contribution in [2.24, 2.45) is 0 Å². The molecule has 0 aliphatic heterocycles. The van der Waals surface area contributed by atoms with Crippen LogP contribution in [-0.2, 0) is 12.5 Å². The average Bonchev–Trinajstić information content (AvgIpc) is 3.01. The molecule has 0 unspecified atom stereocenters. The van der Waals surface area contributed by atoms with E-state index in [1.54, 1.807) is 24.3 Å². The summed E-state index contributed by atoms with van der Waals surface area (Å²) in [5, 5.41) is -0.770. The lowest BCUT2D eigenvalue weighted by atomic mass is 9.98. The van der Waals surface area contributed by atoms with Crippen LogP contribution in [0.4, 0.5) is 52.7 Å². The number of aryl methyl sites for hydroxylation is 1. The van der Waals surface area contributed by atoms with Gasteiger partial charge in [0.05, 0.1) is 10.6 Å². The minimum atomic E-state index is -5.49. The first-order valence-corrected chi connectivity index (χ1v) is 15.3. The van der Waals surface area contributed by atoms with E-state index in [-0.39, 0.29) is 17.7 Å². The van der Waals surface area contributed by atoms with E-state index >= 15 is 30.7 Å². The third kappa shape index (κ3) is 8.33. The van der Waals surface area contributed by atoms with Crippen LogP contribution in [0.2, 0.25) is 5.02 Å². The van der Waals surface area contributed by atoms with Gasteiger partial charge in [0.25, 0.3) is 0 Å². The van der Waals surface area contributed by atoms with Gasteiger partial charge in [0.2, 0.25) is 5.75 Å². The molecule has 0 aliphatic carbocycles. The summed E-state index contributed by atoms with van der Waals surface area (Å²) in [6.07, 6.45) is -4.89. The molecule has 5 rings (SSSR count). The van der Waals surface area contributed by atoms with Gasteiger partial charge in [-0.25, -0.2) is 30.7 Å². The van der Waals surface area contributed by atoms with E-state index in [4.69, 9.17) is 11.6 Å². The van der Waals surface area contributed by atoms with Gasteiger partial charge in [-0.2, -0.15) is 8.78 Å². The van der Waals surface area contributed by atoms with Gasteiger partial charge in [0, 0.05) is 11.6 Å². The number of ether oxygens (including phenoxy) is 2. The first-order valence-electron chi connectivity index (χ1n) is 14.9. The Morgan fingerprint density at radius 2 is 1.08 bits per heavy atom. The standard InChI is InChI=1S/C37H21ClF12O2/c1-2-3-4-5-18-6-8-19(9-7-18)20-10-28(42)34(29(43)11-20)36(46,47)51-23-16-24(38)32(27(41)17-23)21-12-25(39)33(26(40)13-21)22-14-30(44)35(31(45)15-22)52-37(48,49)50/h2-3,6-17H,4-5H2,1H3. The minimum absolute atomic E-state index is 0.0544. The van der Waals surface area contributed by atoms with Gasteiger partial charge in [0.15, 0.2) is 11.6 Å². The summed E-state index contributed by atoms with van der Waals surface area (Å²) in [6.45, 7) is 1.87. The molecule has 0 spiro atoms. The Labute approximate surface area is 292 Å². The van der Waals surface area contributed by atoms with Gasteiger partial charge in [-0.1, -0.05) is 48.0 Å². The molecule has 0 N–H and O–H groups in total. The second-order valence-corrected chi connectivity index (χ2v) is 11.5. The molecular weight excluding hydrogens is 740 g/mol. The largest absolute Gasteiger partial charge is 0.573 e. The second kappa shape index (κ2) is 14.9. The molecule has 0 heterocycles. The molecule has 15 heteroatoms. The minimum Gasteiger partial charge on any atom is -0.429 e. The van der Waals surface area contributed by atoms with Crippen molar-refractivity contribution < 1.29 is 62.2 Å². The molecule has 0 radical (unpaired) electrons. The highest BCUT2D eigenvalue weighted by molar-refractivity contribution is 6.33. The van der Waals surface area contributed by atoms with Gasteiger partial charge >= 0.3 is 12.5 Å². The quantitative estimate of drug-likeness (QED) is 0.104. The zero-order valence-electron chi connectivity index (χ0n) is 26.2. The predicted molar refractivity (Wildman–Crippen MR) is 168 cm³/mol. The van der Waals surface area contributed by atoms with Gasteiger partial charge in [-0.05, 0) is 90.0 Å². The normalized spacial score (nSPS) is 12.1. The topological polar surface area (TPSA) is 18.5 Å². The fourth-order valence-electron chi connectivity index (χ4n) is 5.29. The second-order valence-electron chi connectivity index (χ2n) is 11.1. The first-order chi connectivity index (χ1) is 24.4. The fraction of sp³-hybridized carbons (Fsp3) is 0.135. The lowest BCUT2D eigenvalue weighted by Crippen LogP contribution is -2.25. The monoisotopic (exact) mass is 760 g/mol. The maximum atomic E-state index is 15.3. The Kier molecular flexibility index (Phi) is 10.9. The van der Waals surface area contributed by atoms with Crippen molar-refractivity contribution >= 4 is 11.6 Å². The highest BCUT2D eigenvalue weighted by Gasteiger charge is 2.42. The van der Waals surface area contributed by atoms with Crippen LogP contribution < -0.4 is 9.47 Å². The Morgan fingerprint density at radius 1 is 0.577 bits per heavy atom. The predicted octanol–water partition coefficient (Wildman–Crippen LogP) is 12.9. The van der Waals surface area contributed by atoms with Gasteiger partial charge in [0.1, 0.15) is 40.4 Å². The van der Waals surface area contributed by atoms with E-state index in [9.17, 15) is 22.0 Å². The maximum Gasteiger partial charge on any atom is 0.573 e. The van der Waals surface area contributed by atoms with Crippen molar-refractivity contribution in [3.63, 3.8) is 0 Å². The van der Waals surface area contributed by atoms with Crippen LogP contribution in [0.5, 0.6) is 11.5 Å². The first kappa shape index (κ1) is 38.1. The van der Waals surface area contributed by atoms with Crippen molar-refractivity contribution in [1.82, 2.24) is 0 Å². The Bertz CT molecular complexity index is 2070. The third-order valence-electron chi connectivity index (χ3n) is 7.55. The Hall–Kier alpha value is -5.11. The zero-order chi connectivity index (χ0) is 38.1. The van der Waals surface area contributed by atoms with Crippen LogP contribution in [0.3, 0.4) is 0 Å². The molecule has 0 amide bonds. The van der Waals surface area contributed by atoms with E-state index in [1.165, 1.54) is 0 Å². The summed E-state index contributed by atoms with van der Waals surface area (Å²) in [5.74, 6) is -14.9. The summed E-state index contributed by atoms with van der Waals surface area (Å²) < 4.78 is 179. The summed E-state index contributed by atoms with van der Waals surface area (Å²) in [5.41, 5.74) is -4.05. The molecule has 0 bridgehead atoms. The third-order valence-corrected chi connectivity index (χ3v) is 7.85. The average molecular weight is 761 g/mol. The molecule has 5 aromatic carbocycles. The molecule has 0 saturated carbocycles. The Morgan fingerprint density at radius 3 is 1.60 bits per heavy atom. The van der Waals surface area contributed by atoms with Crippen LogP contribution in [0.25, 0.3) is 33.4 Å². The smallest absolute Gasteiger partial charge is 0.429 e. The molecule has 0 aliphatic rings. The number of benzene rings is 5. The molecule has 52 heavy (non-hydrogen) atoms. The van der Waals surface area contributed by atoms with Crippen molar-refractivity contribution in [3.05, 3.63) is 142 Å². The molecule has 0 aromatic heterocycles. The van der Waals surface area contributed by atoms with E-state index in [1.807, 2.05) is 19.1 Å². The number of allylic oxidation sites excluding steroid dienone is 2. The Balaban J connectivity index is 1.40. The molecule has 0 saturated heterocycles. The van der Waals surface area contributed by atoms with Gasteiger partial charge in [-0.3, -0.25) is 0 Å². The number of alkyl halides is 5. The SMILES string of the molecule is CC=CCCc1ccc(-c2cc(F)c(C(F)(F)Oc3cc(F)c(-c4cc(F)c(-c5cc(F)c(OC(F)(F)F)c(F)c5)c(F)c4)c(Cl)c3)c(F)c2)cc1. The molecule has 0 atom stereocenters. The fourth-order valence-corrected chi connectivity index (χ4v) is 5.60. The van der Waals surface area contributed by atoms with Gasteiger partial charge < -0.3 is 9.47 Å². The molecule has 0 fully saturated rings. The maximum absolute atomic E-state index is 15.3. The van der Waals surface area contributed by atoms with Crippen molar-refractivity contribution in [1.29, 1.82) is 0 Å². The van der Waals surface area contributed by atoms with E-state index in [2.05, 4.69) is 9.47 Å². The van der Waals surface area contributed by atoms with E-state index in [0.717, 1.165) is 12.0 Å². The van der Waals surface area contributed by atoms with E-state index < -0.39 is 97.5 Å². The van der Waals surface area contributed by atoms with Crippen molar-refractivity contribution in [3.8, 4) is 44.9 Å². The molecular formula is C37H21ClF12O2. The zero-order valence-corrected chi connectivity index (χ0v) is 27.0. The molecule has 5 aromatic rings. The van der Waals surface area contributed by atoms with Crippen LogP contribution in [0.15, 0.2) is 84.9 Å². The van der Waals surface area contributed by atoms with E-state index in [0.29, 0.717) is 48.4 Å². The van der Waals surface area contributed by atoms with Crippen LogP contribution in [0.1, 0.15) is 24.5 Å². The lowest BCUT2D eigenvalue weighted by molar-refractivity contribution is -0.276. The van der Waals surface area contributed by atoms with Crippen molar-refractivity contribution in [2.75, 3.05) is 0 Å². The summed E-state index contributed by atoms with van der Waals surface area (Å²) in [6, 6.07) is 10.00. The summed E-state index contributed by atoms with van der Waals surface area (Å²) >= 11 is 6.05. The summed E-state index contributed by atoms with van der Waals surface area (Å²) in [4.78, 5) is 0. The number of hydrogen-bond donors (Lipinski definition) is 0. The molecule has 272 valence electrons.